The largest absolute Gasteiger partial charge is 0.356 e. The molecule has 1 atom stereocenters. The van der Waals surface area contributed by atoms with E-state index in [4.69, 9.17) is 5.14 Å². The number of carbonyl (C=O) groups excluding carboxylic acids is 2. The first-order chi connectivity index (χ1) is 10.7. The quantitative estimate of drug-likeness (QED) is 0.714. The lowest BCUT2D eigenvalue weighted by molar-refractivity contribution is 0.0935. The van der Waals surface area contributed by atoms with E-state index in [0.717, 1.165) is 5.56 Å². The zero-order chi connectivity index (χ0) is 17.2. The molecule has 0 bridgehead atoms. The lowest BCUT2D eigenvalue weighted by Gasteiger charge is -2.14. The van der Waals surface area contributed by atoms with E-state index in [-0.39, 0.29) is 28.3 Å². The maximum absolute atomic E-state index is 12.1. The molecule has 0 saturated heterocycles. The SMILES string of the molecule is CC(=O)c1c[nH]c(C(=O)NC(C)c2ccc(S(N)(=O)=O)cc2)c1. The molecular weight excluding hydrogens is 318 g/mol. The minimum Gasteiger partial charge on any atom is -0.356 e. The Morgan fingerprint density at radius 3 is 2.30 bits per heavy atom. The van der Waals surface area contributed by atoms with Gasteiger partial charge < -0.3 is 10.3 Å². The van der Waals surface area contributed by atoms with Gasteiger partial charge in [-0.15, -0.1) is 0 Å². The fourth-order valence-corrected chi connectivity index (χ4v) is 2.55. The molecule has 1 aromatic heterocycles. The Kier molecular flexibility index (Phi) is 4.67. The Bertz CT molecular complexity index is 838. The Hall–Kier alpha value is -2.45. The lowest BCUT2D eigenvalue weighted by Crippen LogP contribution is -2.27. The number of hydrogen-bond acceptors (Lipinski definition) is 4. The lowest BCUT2D eigenvalue weighted by atomic mass is 10.1. The highest BCUT2D eigenvalue weighted by molar-refractivity contribution is 7.89. The number of amides is 1. The number of H-pyrrole nitrogens is 1. The molecule has 0 aliphatic rings. The summed E-state index contributed by atoms with van der Waals surface area (Å²) in [7, 11) is -3.74. The summed E-state index contributed by atoms with van der Waals surface area (Å²) in [6.07, 6.45) is 1.48. The number of carbonyl (C=O) groups is 2. The first kappa shape index (κ1) is 16.9. The molecule has 1 amide bonds. The summed E-state index contributed by atoms with van der Waals surface area (Å²) in [6.45, 7) is 3.18. The van der Waals surface area contributed by atoms with Gasteiger partial charge in [0.2, 0.25) is 10.0 Å². The van der Waals surface area contributed by atoms with Crippen LogP contribution in [0, 0.1) is 0 Å². The van der Waals surface area contributed by atoms with Crippen LogP contribution in [0.3, 0.4) is 0 Å². The molecule has 2 rings (SSSR count). The van der Waals surface area contributed by atoms with E-state index >= 15 is 0 Å². The predicted octanol–water partition coefficient (Wildman–Crippen LogP) is 1.36. The molecule has 0 spiro atoms. The van der Waals surface area contributed by atoms with Crippen LogP contribution in [0.5, 0.6) is 0 Å². The summed E-state index contributed by atoms with van der Waals surface area (Å²) in [5, 5.41) is 7.80. The van der Waals surface area contributed by atoms with Crippen molar-refractivity contribution < 1.29 is 18.0 Å². The van der Waals surface area contributed by atoms with Gasteiger partial charge in [0.05, 0.1) is 10.9 Å². The van der Waals surface area contributed by atoms with Gasteiger partial charge in [0, 0.05) is 11.8 Å². The van der Waals surface area contributed by atoms with E-state index in [1.165, 1.54) is 31.3 Å². The number of nitrogens with two attached hydrogens (primary N) is 1. The first-order valence-electron chi connectivity index (χ1n) is 6.81. The van der Waals surface area contributed by atoms with Crippen molar-refractivity contribution in [2.75, 3.05) is 0 Å². The first-order valence-corrected chi connectivity index (χ1v) is 8.36. The second-order valence-electron chi connectivity index (χ2n) is 5.17. The minimum absolute atomic E-state index is 0.00949. The molecule has 0 fully saturated rings. The van der Waals surface area contributed by atoms with Crippen LogP contribution in [0.1, 0.15) is 46.3 Å². The van der Waals surface area contributed by atoms with Gasteiger partial charge in [0.1, 0.15) is 5.69 Å². The van der Waals surface area contributed by atoms with Gasteiger partial charge in [0.15, 0.2) is 5.78 Å². The van der Waals surface area contributed by atoms with Gasteiger partial charge in [-0.1, -0.05) is 12.1 Å². The fourth-order valence-electron chi connectivity index (χ4n) is 2.03. The number of benzene rings is 1. The molecule has 2 aromatic rings. The van der Waals surface area contributed by atoms with E-state index in [1.807, 2.05) is 0 Å². The van der Waals surface area contributed by atoms with Crippen molar-refractivity contribution >= 4 is 21.7 Å². The highest BCUT2D eigenvalue weighted by Gasteiger charge is 2.15. The van der Waals surface area contributed by atoms with Crippen LogP contribution in [-0.2, 0) is 10.0 Å². The number of hydrogen-bond donors (Lipinski definition) is 3. The van der Waals surface area contributed by atoms with Crippen LogP contribution in [0.15, 0.2) is 41.4 Å². The molecule has 0 aliphatic carbocycles. The Morgan fingerprint density at radius 2 is 1.83 bits per heavy atom. The zero-order valence-electron chi connectivity index (χ0n) is 12.7. The molecular formula is C15H17N3O4S. The number of aromatic nitrogens is 1. The molecule has 1 heterocycles. The van der Waals surface area contributed by atoms with Crippen LogP contribution < -0.4 is 10.5 Å². The Balaban J connectivity index is 2.10. The molecule has 0 aliphatic heterocycles. The number of Topliss-reactive ketones (excluding diaryl/α,β-unsaturated/α-hetero) is 1. The molecule has 23 heavy (non-hydrogen) atoms. The van der Waals surface area contributed by atoms with Gasteiger partial charge in [-0.25, -0.2) is 13.6 Å². The maximum Gasteiger partial charge on any atom is 0.268 e. The minimum atomic E-state index is -3.74. The van der Waals surface area contributed by atoms with E-state index < -0.39 is 10.0 Å². The second-order valence-corrected chi connectivity index (χ2v) is 6.73. The number of rotatable bonds is 5. The van der Waals surface area contributed by atoms with Gasteiger partial charge in [-0.05, 0) is 37.6 Å². The molecule has 8 heteroatoms. The summed E-state index contributed by atoms with van der Waals surface area (Å²) in [4.78, 5) is 26.1. The number of ketones is 1. The molecule has 0 radical (unpaired) electrons. The van der Waals surface area contributed by atoms with Crippen molar-refractivity contribution in [3.05, 3.63) is 53.3 Å². The average Bonchev–Trinajstić information content (AvgIpc) is 2.96. The number of sulfonamides is 1. The van der Waals surface area contributed by atoms with E-state index in [0.29, 0.717) is 5.56 Å². The standard InChI is InChI=1S/C15H17N3O4S/c1-9(11-3-5-13(6-4-11)23(16,21)22)18-15(20)14-7-12(8-17-14)10(2)19/h3-9,17H,1-2H3,(H,18,20)(H2,16,21,22). The number of primary sulfonamides is 1. The topological polar surface area (TPSA) is 122 Å². The Labute approximate surface area is 133 Å². The molecule has 4 N–H and O–H groups in total. The van der Waals surface area contributed by atoms with Crippen molar-refractivity contribution in [1.82, 2.24) is 10.3 Å². The third-order valence-corrected chi connectivity index (χ3v) is 4.32. The van der Waals surface area contributed by atoms with Crippen molar-refractivity contribution in [1.29, 1.82) is 0 Å². The summed E-state index contributed by atoms with van der Waals surface area (Å²) >= 11 is 0. The molecule has 7 nitrogen and oxygen atoms in total. The van der Waals surface area contributed by atoms with Crippen LogP contribution in [0.2, 0.25) is 0 Å². The molecule has 1 aromatic carbocycles. The maximum atomic E-state index is 12.1. The van der Waals surface area contributed by atoms with Gasteiger partial charge >= 0.3 is 0 Å². The zero-order valence-corrected chi connectivity index (χ0v) is 13.5. The Morgan fingerprint density at radius 1 is 1.22 bits per heavy atom. The fraction of sp³-hybridized carbons (Fsp3) is 0.200. The molecule has 0 saturated carbocycles. The van der Waals surface area contributed by atoms with Crippen LogP contribution in [0.25, 0.3) is 0 Å². The van der Waals surface area contributed by atoms with Crippen molar-refractivity contribution in [3.63, 3.8) is 0 Å². The van der Waals surface area contributed by atoms with Crippen molar-refractivity contribution in [2.24, 2.45) is 5.14 Å². The highest BCUT2D eigenvalue weighted by Crippen LogP contribution is 2.16. The average molecular weight is 335 g/mol. The smallest absolute Gasteiger partial charge is 0.268 e. The van der Waals surface area contributed by atoms with Crippen LogP contribution >= 0.6 is 0 Å². The second kappa shape index (κ2) is 6.35. The van der Waals surface area contributed by atoms with Crippen LogP contribution in [0.4, 0.5) is 0 Å². The van der Waals surface area contributed by atoms with Gasteiger partial charge in [-0.3, -0.25) is 9.59 Å². The third kappa shape index (κ3) is 4.05. The molecule has 122 valence electrons. The summed E-state index contributed by atoms with van der Waals surface area (Å²) in [5.74, 6) is -0.493. The van der Waals surface area contributed by atoms with Gasteiger partial charge in [0.25, 0.3) is 5.91 Å². The van der Waals surface area contributed by atoms with Crippen molar-refractivity contribution in [3.8, 4) is 0 Å². The normalized spacial score (nSPS) is 12.7. The van der Waals surface area contributed by atoms with E-state index in [1.54, 1.807) is 19.1 Å². The van der Waals surface area contributed by atoms with Crippen molar-refractivity contribution in [2.45, 2.75) is 24.8 Å². The number of nitrogens with one attached hydrogen (secondary N) is 2. The van der Waals surface area contributed by atoms with E-state index in [9.17, 15) is 18.0 Å². The number of aromatic amines is 1. The van der Waals surface area contributed by atoms with E-state index in [2.05, 4.69) is 10.3 Å². The predicted molar refractivity (Wildman–Crippen MR) is 84.5 cm³/mol. The van der Waals surface area contributed by atoms with Crippen LogP contribution in [-0.4, -0.2) is 25.1 Å². The molecule has 1 unspecified atom stereocenters. The third-order valence-electron chi connectivity index (χ3n) is 3.39. The summed E-state index contributed by atoms with van der Waals surface area (Å²) < 4.78 is 22.4. The highest BCUT2D eigenvalue weighted by atomic mass is 32.2. The monoisotopic (exact) mass is 335 g/mol. The summed E-state index contributed by atoms with van der Waals surface area (Å²) in [6, 6.07) is 7.07. The van der Waals surface area contributed by atoms with Gasteiger partial charge in [-0.2, -0.15) is 0 Å². The summed E-state index contributed by atoms with van der Waals surface area (Å²) in [5.41, 5.74) is 1.44.